The van der Waals surface area contributed by atoms with E-state index in [9.17, 15) is 19.4 Å². The van der Waals surface area contributed by atoms with Crippen LogP contribution >= 0.6 is 7.82 Å². The quantitative estimate of drug-likeness (QED) is 0.0243. The monoisotopic (exact) mass is 984 g/mol. The Morgan fingerprint density at radius 3 is 1.13 bits per heavy atom. The molecule has 0 bridgehead atoms. The van der Waals surface area contributed by atoms with Gasteiger partial charge in [-0.25, -0.2) is 4.57 Å². The molecule has 0 aromatic carbocycles. The fourth-order valence-corrected chi connectivity index (χ4v) is 10.0. The maximum Gasteiger partial charge on any atom is 0.472 e. The largest absolute Gasteiger partial charge is 0.472 e. The number of phosphoric ester groups is 1. The van der Waals surface area contributed by atoms with Crippen LogP contribution in [0.5, 0.6) is 0 Å². The fraction of sp³-hybridized carbons (Fsp3) is 0.949. The third kappa shape index (κ3) is 53.0. The number of amides is 1. The lowest BCUT2D eigenvalue weighted by molar-refractivity contribution is -0.870. The van der Waals surface area contributed by atoms with Crippen LogP contribution in [0, 0.1) is 0 Å². The number of phosphoric acid groups is 1. The first-order valence-electron chi connectivity index (χ1n) is 30.1. The maximum absolute atomic E-state index is 13.0. The average molecular weight is 985 g/mol. The Bertz CT molecular complexity index is 1120. The van der Waals surface area contributed by atoms with Gasteiger partial charge in [0.2, 0.25) is 5.91 Å². The van der Waals surface area contributed by atoms with Gasteiger partial charge in [0.05, 0.1) is 39.9 Å². The molecule has 0 saturated carbocycles. The minimum atomic E-state index is -4.32. The van der Waals surface area contributed by atoms with Crippen LogP contribution in [0.1, 0.15) is 309 Å². The standard InChI is InChI=1S/C59H119N2O6P/c1-6-8-10-12-14-16-18-20-22-24-26-28-29-30-31-33-35-37-39-41-43-45-47-49-51-53-59(63)60-57(56-67-68(64,65)66-55-54-61(3,4)5)58(62)52-50-48-46-44-42-40-38-36-34-32-27-25-23-21-19-17-15-13-11-9-7-2/h30-31,57-58,62H,6-29,32-56H2,1-5H3,(H-,60,63,64,65)/p+1/b31-30-. The second-order valence-corrected chi connectivity index (χ2v) is 23.5. The first kappa shape index (κ1) is 67.2. The molecule has 3 N–H and O–H groups in total. The summed E-state index contributed by atoms with van der Waals surface area (Å²) in [7, 11) is 1.63. The van der Waals surface area contributed by atoms with Crippen molar-refractivity contribution >= 4 is 13.7 Å². The number of likely N-dealkylation sites (N-methyl/N-ethyl adjacent to an activating group) is 1. The van der Waals surface area contributed by atoms with E-state index >= 15 is 0 Å². The van der Waals surface area contributed by atoms with Crippen molar-refractivity contribution in [2.75, 3.05) is 40.9 Å². The van der Waals surface area contributed by atoms with Gasteiger partial charge >= 0.3 is 7.82 Å². The molecule has 0 aliphatic carbocycles. The molecule has 0 radical (unpaired) electrons. The van der Waals surface area contributed by atoms with E-state index < -0.39 is 20.0 Å². The van der Waals surface area contributed by atoms with Crippen LogP contribution in [-0.2, 0) is 18.4 Å². The molecule has 68 heavy (non-hydrogen) atoms. The number of carbonyl (C=O) groups excluding carboxylic acids is 1. The Hall–Kier alpha value is -0.760. The van der Waals surface area contributed by atoms with Crippen LogP contribution in [0.25, 0.3) is 0 Å². The van der Waals surface area contributed by atoms with Gasteiger partial charge in [0.15, 0.2) is 0 Å². The van der Waals surface area contributed by atoms with Gasteiger partial charge in [-0.1, -0.05) is 276 Å². The van der Waals surface area contributed by atoms with Gasteiger partial charge in [-0.2, -0.15) is 0 Å². The smallest absolute Gasteiger partial charge is 0.391 e. The van der Waals surface area contributed by atoms with Gasteiger partial charge in [-0.15, -0.1) is 0 Å². The van der Waals surface area contributed by atoms with E-state index in [-0.39, 0.29) is 19.1 Å². The molecule has 8 nitrogen and oxygen atoms in total. The molecule has 0 aliphatic rings. The molecule has 3 unspecified atom stereocenters. The van der Waals surface area contributed by atoms with Crippen molar-refractivity contribution in [2.24, 2.45) is 0 Å². The summed E-state index contributed by atoms with van der Waals surface area (Å²) in [6.45, 7) is 4.94. The number of rotatable bonds is 56. The molecule has 0 rings (SSSR count). The molecular formula is C59H120N2O6P+. The third-order valence-electron chi connectivity index (χ3n) is 14.0. The number of hydrogen-bond acceptors (Lipinski definition) is 5. The molecule has 0 fully saturated rings. The molecule has 406 valence electrons. The summed E-state index contributed by atoms with van der Waals surface area (Å²) in [5.41, 5.74) is 0. The number of nitrogens with zero attached hydrogens (tertiary/aromatic N) is 1. The number of hydrogen-bond donors (Lipinski definition) is 3. The molecule has 0 heterocycles. The molecule has 3 atom stereocenters. The molecule has 0 aromatic rings. The first-order chi connectivity index (χ1) is 33.0. The number of aliphatic hydroxyl groups is 1. The van der Waals surface area contributed by atoms with Crippen molar-refractivity contribution in [3.05, 3.63) is 12.2 Å². The van der Waals surface area contributed by atoms with Crippen molar-refractivity contribution in [1.82, 2.24) is 5.32 Å². The highest BCUT2D eigenvalue weighted by molar-refractivity contribution is 7.47. The minimum Gasteiger partial charge on any atom is -0.391 e. The number of quaternary nitrogens is 1. The summed E-state index contributed by atoms with van der Waals surface area (Å²) in [5, 5.41) is 14.1. The van der Waals surface area contributed by atoms with E-state index in [1.807, 2.05) is 21.1 Å². The van der Waals surface area contributed by atoms with E-state index in [1.165, 1.54) is 244 Å². The van der Waals surface area contributed by atoms with Gasteiger partial charge < -0.3 is 19.8 Å². The van der Waals surface area contributed by atoms with Gasteiger partial charge in [-0.05, 0) is 38.5 Å². The van der Waals surface area contributed by atoms with Crippen molar-refractivity contribution in [2.45, 2.75) is 321 Å². The zero-order valence-corrected chi connectivity index (χ0v) is 47.3. The second kappa shape index (κ2) is 51.2. The van der Waals surface area contributed by atoms with Crippen LogP contribution in [0.2, 0.25) is 0 Å². The van der Waals surface area contributed by atoms with Gasteiger partial charge in [-0.3, -0.25) is 13.8 Å². The van der Waals surface area contributed by atoms with Crippen molar-refractivity contribution in [1.29, 1.82) is 0 Å². The second-order valence-electron chi connectivity index (χ2n) is 22.1. The summed E-state index contributed by atoms with van der Waals surface area (Å²) in [6.07, 6.45) is 62.7. The topological polar surface area (TPSA) is 105 Å². The Morgan fingerprint density at radius 2 is 0.794 bits per heavy atom. The van der Waals surface area contributed by atoms with Crippen LogP contribution < -0.4 is 5.32 Å². The van der Waals surface area contributed by atoms with E-state index in [0.29, 0.717) is 23.9 Å². The highest BCUT2D eigenvalue weighted by Gasteiger charge is 2.28. The average Bonchev–Trinajstić information content (AvgIpc) is 3.30. The number of carbonyl (C=O) groups is 1. The van der Waals surface area contributed by atoms with E-state index in [1.54, 1.807) is 0 Å². The summed E-state index contributed by atoms with van der Waals surface area (Å²) in [6, 6.07) is -0.759. The minimum absolute atomic E-state index is 0.0769. The van der Waals surface area contributed by atoms with Crippen LogP contribution in [0.4, 0.5) is 0 Å². The summed E-state index contributed by atoms with van der Waals surface area (Å²) in [4.78, 5) is 23.4. The zero-order chi connectivity index (χ0) is 49.9. The molecule has 0 saturated heterocycles. The number of aliphatic hydroxyl groups excluding tert-OH is 1. The molecule has 9 heteroatoms. The highest BCUT2D eigenvalue weighted by atomic mass is 31.2. The van der Waals surface area contributed by atoms with E-state index in [0.717, 1.165) is 38.5 Å². The normalized spacial score (nSPS) is 13.9. The van der Waals surface area contributed by atoms with Crippen molar-refractivity contribution < 1.29 is 32.9 Å². The summed E-state index contributed by atoms with van der Waals surface area (Å²) >= 11 is 0. The van der Waals surface area contributed by atoms with Crippen molar-refractivity contribution in [3.63, 3.8) is 0 Å². The summed E-state index contributed by atoms with van der Waals surface area (Å²) < 4.78 is 23.8. The highest BCUT2D eigenvalue weighted by Crippen LogP contribution is 2.43. The lowest BCUT2D eigenvalue weighted by atomic mass is 10.0. The maximum atomic E-state index is 13.0. The van der Waals surface area contributed by atoms with Crippen LogP contribution in [-0.4, -0.2) is 73.4 Å². The van der Waals surface area contributed by atoms with Gasteiger partial charge in [0.25, 0.3) is 0 Å². The Kier molecular flexibility index (Phi) is 50.6. The third-order valence-corrected chi connectivity index (χ3v) is 15.0. The Morgan fingerprint density at radius 1 is 0.485 bits per heavy atom. The number of unbranched alkanes of at least 4 members (excludes halogenated alkanes) is 41. The fourth-order valence-electron chi connectivity index (χ4n) is 9.28. The molecule has 0 aliphatic heterocycles. The molecule has 0 aromatic heterocycles. The van der Waals surface area contributed by atoms with Crippen molar-refractivity contribution in [3.8, 4) is 0 Å². The number of allylic oxidation sites excluding steroid dienone is 2. The molecule has 0 spiro atoms. The molecular weight excluding hydrogens is 864 g/mol. The lowest BCUT2D eigenvalue weighted by Gasteiger charge is -2.26. The summed E-state index contributed by atoms with van der Waals surface area (Å²) in [5.74, 6) is -0.140. The van der Waals surface area contributed by atoms with E-state index in [4.69, 9.17) is 9.05 Å². The van der Waals surface area contributed by atoms with E-state index in [2.05, 4.69) is 31.3 Å². The van der Waals surface area contributed by atoms with Gasteiger partial charge in [0, 0.05) is 6.42 Å². The van der Waals surface area contributed by atoms with Crippen LogP contribution in [0.15, 0.2) is 12.2 Å². The lowest BCUT2D eigenvalue weighted by Crippen LogP contribution is -2.46. The first-order valence-corrected chi connectivity index (χ1v) is 31.5. The number of nitrogens with one attached hydrogen (secondary N) is 1. The molecule has 1 amide bonds. The predicted molar refractivity (Wildman–Crippen MR) is 295 cm³/mol. The van der Waals surface area contributed by atoms with Crippen LogP contribution in [0.3, 0.4) is 0 Å². The Labute approximate surface area is 424 Å². The Balaban J connectivity index is 4.12. The SMILES string of the molecule is CCCCCCCCCCCCCC/C=C\CCCCCCCCCCCC(=O)NC(COP(=O)(O)OCC[N+](C)(C)C)C(O)CCCCCCCCCCCCCCCCCCCCCCC. The predicted octanol–water partition coefficient (Wildman–Crippen LogP) is 18.2. The van der Waals surface area contributed by atoms with Gasteiger partial charge in [0.1, 0.15) is 13.2 Å². The zero-order valence-electron chi connectivity index (χ0n) is 46.4.